The summed E-state index contributed by atoms with van der Waals surface area (Å²) in [4.78, 5) is 19.1. The predicted molar refractivity (Wildman–Crippen MR) is 105 cm³/mol. The summed E-state index contributed by atoms with van der Waals surface area (Å²) in [5.74, 6) is -0.835. The number of hydrogen-bond donors (Lipinski definition) is 1. The number of benzene rings is 2. The smallest absolute Gasteiger partial charge is 0.262 e. The Bertz CT molecular complexity index is 1020. The van der Waals surface area contributed by atoms with Crippen molar-refractivity contribution in [3.8, 4) is 0 Å². The van der Waals surface area contributed by atoms with E-state index in [1.807, 2.05) is 24.3 Å². The number of para-hydroxylation sites is 1. The number of amides is 1. The van der Waals surface area contributed by atoms with Crippen molar-refractivity contribution >= 4 is 17.4 Å². The van der Waals surface area contributed by atoms with Crippen LogP contribution in [0.1, 0.15) is 21.5 Å². The summed E-state index contributed by atoms with van der Waals surface area (Å²) in [7, 11) is 0. The van der Waals surface area contributed by atoms with E-state index in [0.29, 0.717) is 36.5 Å². The highest BCUT2D eigenvalue weighted by Crippen LogP contribution is 2.29. The Morgan fingerprint density at radius 1 is 1.11 bits per heavy atom. The number of nitrogens with zero attached hydrogens (tertiary/aromatic N) is 2. The number of nitrogens with one attached hydrogen (secondary N) is 1. The minimum absolute atomic E-state index is 0.117. The van der Waals surface area contributed by atoms with Gasteiger partial charge in [0, 0.05) is 31.0 Å². The van der Waals surface area contributed by atoms with Gasteiger partial charge in [-0.1, -0.05) is 24.3 Å². The Labute approximate surface area is 161 Å². The van der Waals surface area contributed by atoms with E-state index >= 15 is 0 Å². The van der Waals surface area contributed by atoms with Crippen molar-refractivity contribution in [2.45, 2.75) is 12.8 Å². The van der Waals surface area contributed by atoms with Gasteiger partial charge in [-0.2, -0.15) is 0 Å². The van der Waals surface area contributed by atoms with E-state index in [4.69, 9.17) is 0 Å². The van der Waals surface area contributed by atoms with E-state index in [2.05, 4.69) is 10.3 Å². The number of carbonyl (C=O) groups is 1. The summed E-state index contributed by atoms with van der Waals surface area (Å²) < 4.78 is 26.8. The second-order valence-electron chi connectivity index (χ2n) is 6.65. The van der Waals surface area contributed by atoms with Crippen LogP contribution < -0.4 is 10.2 Å². The average molecular weight is 379 g/mol. The molecule has 28 heavy (non-hydrogen) atoms. The summed E-state index contributed by atoms with van der Waals surface area (Å²) in [6.45, 7) is 1.00. The highest BCUT2D eigenvalue weighted by atomic mass is 19.1. The van der Waals surface area contributed by atoms with Crippen LogP contribution in [0.2, 0.25) is 0 Å². The van der Waals surface area contributed by atoms with Gasteiger partial charge in [-0.05, 0) is 48.2 Å². The molecule has 1 aliphatic heterocycles. The molecular weight excluding hydrogens is 360 g/mol. The summed E-state index contributed by atoms with van der Waals surface area (Å²) in [5, 5.41) is 3.11. The molecule has 0 spiro atoms. The maximum atomic E-state index is 13.8. The number of aromatic nitrogens is 1. The first-order valence-electron chi connectivity index (χ1n) is 9.16. The molecule has 1 aromatic heterocycles. The van der Waals surface area contributed by atoms with Crippen molar-refractivity contribution in [2.24, 2.45) is 0 Å². The van der Waals surface area contributed by atoms with Crippen LogP contribution in [0.3, 0.4) is 0 Å². The molecule has 0 atom stereocenters. The maximum absolute atomic E-state index is 13.8. The number of anilines is 2. The zero-order chi connectivity index (χ0) is 19.5. The molecule has 1 aliphatic rings. The molecule has 0 unspecified atom stereocenters. The minimum atomic E-state index is -0.599. The van der Waals surface area contributed by atoms with Gasteiger partial charge in [-0.25, -0.2) is 13.8 Å². The third-order valence-corrected chi connectivity index (χ3v) is 4.87. The van der Waals surface area contributed by atoms with Gasteiger partial charge in [-0.15, -0.1) is 0 Å². The zero-order valence-corrected chi connectivity index (χ0v) is 15.2. The fourth-order valence-electron chi connectivity index (χ4n) is 3.45. The van der Waals surface area contributed by atoms with Gasteiger partial charge < -0.3 is 10.2 Å². The summed E-state index contributed by atoms with van der Waals surface area (Å²) in [5.41, 5.74) is 2.96. The quantitative estimate of drug-likeness (QED) is 0.722. The first-order valence-corrected chi connectivity index (χ1v) is 9.16. The van der Waals surface area contributed by atoms with Crippen molar-refractivity contribution in [3.63, 3.8) is 0 Å². The monoisotopic (exact) mass is 379 g/mol. The predicted octanol–water partition coefficient (Wildman–Crippen LogP) is 4.22. The second-order valence-corrected chi connectivity index (χ2v) is 6.65. The molecule has 0 bridgehead atoms. The number of carbonyl (C=O) groups excluding carboxylic acids is 1. The van der Waals surface area contributed by atoms with Gasteiger partial charge >= 0.3 is 0 Å². The lowest BCUT2D eigenvalue weighted by atomic mass is 10.1. The molecule has 4 rings (SSSR count). The lowest BCUT2D eigenvalue weighted by molar-refractivity contribution is 0.0990. The third kappa shape index (κ3) is 3.58. The van der Waals surface area contributed by atoms with E-state index in [1.54, 1.807) is 23.2 Å². The van der Waals surface area contributed by atoms with Crippen molar-refractivity contribution < 1.29 is 13.6 Å². The Hall–Kier alpha value is -3.28. The Morgan fingerprint density at radius 2 is 1.96 bits per heavy atom. The molecule has 0 aliphatic carbocycles. The molecule has 0 radical (unpaired) electrons. The average Bonchev–Trinajstić information content (AvgIpc) is 3.14. The van der Waals surface area contributed by atoms with Crippen LogP contribution in [0, 0.1) is 11.6 Å². The zero-order valence-electron chi connectivity index (χ0n) is 15.2. The number of pyridine rings is 1. The third-order valence-electron chi connectivity index (χ3n) is 4.87. The first kappa shape index (κ1) is 18.1. The number of halogens is 2. The van der Waals surface area contributed by atoms with Crippen LogP contribution in [0.15, 0.2) is 60.8 Å². The summed E-state index contributed by atoms with van der Waals surface area (Å²) in [6, 6.07) is 14.9. The number of rotatable bonds is 5. The number of hydrogen-bond acceptors (Lipinski definition) is 3. The highest BCUT2D eigenvalue weighted by molar-refractivity contribution is 6.10. The molecule has 142 valence electrons. The molecule has 0 fully saturated rings. The normalized spacial score (nSPS) is 12.7. The summed E-state index contributed by atoms with van der Waals surface area (Å²) in [6.07, 6.45) is 2.78. The first-order chi connectivity index (χ1) is 13.6. The minimum Gasteiger partial charge on any atom is -0.369 e. The fourth-order valence-corrected chi connectivity index (χ4v) is 3.45. The van der Waals surface area contributed by atoms with Gasteiger partial charge in [0.15, 0.2) is 0 Å². The SMILES string of the molecule is O=C(c1cccnc1NCCc1ccc(F)cc1F)N1CCc2ccccc21. The van der Waals surface area contributed by atoms with E-state index < -0.39 is 11.6 Å². The van der Waals surface area contributed by atoms with E-state index in [-0.39, 0.29) is 5.91 Å². The molecule has 2 aromatic carbocycles. The molecule has 1 N–H and O–H groups in total. The van der Waals surface area contributed by atoms with Crippen molar-refractivity contribution in [1.82, 2.24) is 4.98 Å². The fraction of sp³-hybridized carbons (Fsp3) is 0.182. The largest absolute Gasteiger partial charge is 0.369 e. The van der Waals surface area contributed by atoms with Gasteiger partial charge in [0.25, 0.3) is 5.91 Å². The van der Waals surface area contributed by atoms with Crippen molar-refractivity contribution in [1.29, 1.82) is 0 Å². The van der Waals surface area contributed by atoms with Crippen LogP contribution in [0.4, 0.5) is 20.3 Å². The van der Waals surface area contributed by atoms with Gasteiger partial charge in [0.05, 0.1) is 5.56 Å². The van der Waals surface area contributed by atoms with Gasteiger partial charge in [-0.3, -0.25) is 4.79 Å². The van der Waals surface area contributed by atoms with Gasteiger partial charge in [0.2, 0.25) is 0 Å². The highest BCUT2D eigenvalue weighted by Gasteiger charge is 2.26. The van der Waals surface area contributed by atoms with Crippen LogP contribution in [0.5, 0.6) is 0 Å². The number of fused-ring (bicyclic) bond motifs is 1. The van der Waals surface area contributed by atoms with Crippen LogP contribution >= 0.6 is 0 Å². The maximum Gasteiger partial charge on any atom is 0.262 e. The van der Waals surface area contributed by atoms with E-state index in [1.165, 1.54) is 12.1 Å². The topological polar surface area (TPSA) is 45.2 Å². The molecule has 2 heterocycles. The molecule has 3 aromatic rings. The van der Waals surface area contributed by atoms with Crippen LogP contribution in [-0.4, -0.2) is 24.0 Å². The standard InChI is InChI=1S/C22H19F2N3O/c23-17-8-7-15(19(24)14-17)9-12-26-21-18(5-3-11-25-21)22(28)27-13-10-16-4-1-2-6-20(16)27/h1-8,11,14H,9-10,12-13H2,(H,25,26). The Morgan fingerprint density at radius 3 is 2.82 bits per heavy atom. The second kappa shape index (κ2) is 7.76. The van der Waals surface area contributed by atoms with Gasteiger partial charge in [0.1, 0.15) is 17.5 Å². The van der Waals surface area contributed by atoms with E-state index in [0.717, 1.165) is 23.7 Å². The lowest BCUT2D eigenvalue weighted by Gasteiger charge is -2.19. The molecule has 0 saturated carbocycles. The lowest BCUT2D eigenvalue weighted by Crippen LogP contribution is -2.30. The van der Waals surface area contributed by atoms with Crippen LogP contribution in [0.25, 0.3) is 0 Å². The van der Waals surface area contributed by atoms with Crippen molar-refractivity contribution in [3.05, 3.63) is 89.1 Å². The molecular formula is C22H19F2N3O. The summed E-state index contributed by atoms with van der Waals surface area (Å²) >= 11 is 0. The van der Waals surface area contributed by atoms with E-state index in [9.17, 15) is 13.6 Å². The Kier molecular flexibility index (Phi) is 5.02. The molecule has 6 heteroatoms. The molecule has 0 saturated heterocycles. The molecule has 4 nitrogen and oxygen atoms in total. The van der Waals surface area contributed by atoms with Crippen molar-refractivity contribution in [2.75, 3.05) is 23.3 Å². The Balaban J connectivity index is 1.49. The molecule has 1 amide bonds. The van der Waals surface area contributed by atoms with Crippen LogP contribution in [-0.2, 0) is 12.8 Å².